The molecule has 1 heterocycles. The highest BCUT2D eigenvalue weighted by atomic mass is 79.9. The average molecular weight is 413 g/mol. The second-order valence-corrected chi connectivity index (χ2v) is 8.77. The first kappa shape index (κ1) is 15.5. The van der Waals surface area contributed by atoms with Gasteiger partial charge >= 0.3 is 0 Å². The average Bonchev–Trinajstić information content (AvgIpc) is 3.15. The quantitative estimate of drug-likeness (QED) is 0.252. The first-order chi connectivity index (χ1) is 13.1. The fourth-order valence-corrected chi connectivity index (χ4v) is 5.46. The van der Waals surface area contributed by atoms with Crippen molar-refractivity contribution in [3.05, 3.63) is 82.3 Å². The lowest BCUT2D eigenvalue weighted by Crippen LogP contribution is -2.15. The van der Waals surface area contributed by atoms with Gasteiger partial charge in [0.1, 0.15) is 11.2 Å². The van der Waals surface area contributed by atoms with Gasteiger partial charge in [-0.1, -0.05) is 84.4 Å². The van der Waals surface area contributed by atoms with Gasteiger partial charge in [0.05, 0.1) is 0 Å². The number of rotatable bonds is 0. The van der Waals surface area contributed by atoms with E-state index in [4.69, 9.17) is 4.42 Å². The van der Waals surface area contributed by atoms with E-state index in [9.17, 15) is 0 Å². The lowest BCUT2D eigenvalue weighted by molar-refractivity contribution is 0.620. The van der Waals surface area contributed by atoms with Crippen LogP contribution in [0.1, 0.15) is 25.0 Å². The molecule has 0 aliphatic heterocycles. The first-order valence-electron chi connectivity index (χ1n) is 9.24. The summed E-state index contributed by atoms with van der Waals surface area (Å²) < 4.78 is 7.59. The second-order valence-electron chi connectivity index (χ2n) is 7.91. The molecule has 1 aliphatic rings. The van der Waals surface area contributed by atoms with Crippen LogP contribution >= 0.6 is 15.9 Å². The summed E-state index contributed by atoms with van der Waals surface area (Å²) in [6.45, 7) is 4.61. The van der Waals surface area contributed by atoms with E-state index in [2.05, 4.69) is 96.5 Å². The van der Waals surface area contributed by atoms with Crippen LogP contribution in [0, 0.1) is 0 Å². The summed E-state index contributed by atoms with van der Waals surface area (Å²) in [7, 11) is 0. The van der Waals surface area contributed by atoms with E-state index < -0.39 is 0 Å². The molecule has 0 amide bonds. The Morgan fingerprint density at radius 1 is 0.778 bits per heavy atom. The Kier molecular flexibility index (Phi) is 2.88. The molecule has 27 heavy (non-hydrogen) atoms. The zero-order chi connectivity index (χ0) is 18.3. The standard InChI is InChI=1S/C25H17BrO/c1-25(2)19-10-6-5-7-14(19)17-11-12-18-22-16-9-4-3-8-15(16)20(26)13-21(22)27-24(18)23(17)25/h3-13H,1-2H3. The zero-order valence-corrected chi connectivity index (χ0v) is 16.7. The molecule has 0 saturated heterocycles. The summed E-state index contributed by atoms with van der Waals surface area (Å²) in [6, 6.07) is 23.9. The van der Waals surface area contributed by atoms with E-state index in [-0.39, 0.29) is 5.41 Å². The topological polar surface area (TPSA) is 13.1 Å². The first-order valence-corrected chi connectivity index (χ1v) is 10.0. The second kappa shape index (κ2) is 5.02. The van der Waals surface area contributed by atoms with E-state index in [0.717, 1.165) is 15.6 Å². The third kappa shape index (κ3) is 1.84. The predicted molar refractivity (Wildman–Crippen MR) is 116 cm³/mol. The molecule has 0 bridgehead atoms. The Hall–Kier alpha value is -2.58. The van der Waals surface area contributed by atoms with Gasteiger partial charge in [-0.3, -0.25) is 0 Å². The maximum atomic E-state index is 6.52. The maximum Gasteiger partial charge on any atom is 0.140 e. The predicted octanol–water partition coefficient (Wildman–Crippen LogP) is 7.81. The molecule has 5 aromatic rings. The smallest absolute Gasteiger partial charge is 0.140 e. The number of halogens is 1. The normalized spacial score (nSPS) is 14.8. The van der Waals surface area contributed by atoms with E-state index in [1.54, 1.807) is 0 Å². The summed E-state index contributed by atoms with van der Waals surface area (Å²) in [5.74, 6) is 0. The van der Waals surface area contributed by atoms with Crippen molar-refractivity contribution in [3.8, 4) is 11.1 Å². The van der Waals surface area contributed by atoms with Crippen molar-refractivity contribution in [2.24, 2.45) is 0 Å². The summed E-state index contributed by atoms with van der Waals surface area (Å²) in [5, 5.41) is 4.86. The van der Waals surface area contributed by atoms with Gasteiger partial charge in [-0.15, -0.1) is 0 Å². The van der Waals surface area contributed by atoms with Crippen molar-refractivity contribution in [2.45, 2.75) is 19.3 Å². The summed E-state index contributed by atoms with van der Waals surface area (Å²) in [6.07, 6.45) is 0. The molecular weight excluding hydrogens is 396 g/mol. The summed E-state index contributed by atoms with van der Waals surface area (Å²) in [5.41, 5.74) is 7.18. The summed E-state index contributed by atoms with van der Waals surface area (Å²) in [4.78, 5) is 0. The monoisotopic (exact) mass is 412 g/mol. The van der Waals surface area contributed by atoms with Gasteiger partial charge in [0.15, 0.2) is 0 Å². The minimum atomic E-state index is -0.0770. The number of hydrogen-bond acceptors (Lipinski definition) is 1. The molecule has 2 heteroatoms. The van der Waals surface area contributed by atoms with Crippen LogP contribution in [0.5, 0.6) is 0 Å². The van der Waals surface area contributed by atoms with Crippen LogP contribution in [0.15, 0.2) is 75.6 Å². The molecule has 6 rings (SSSR count). The number of fused-ring (bicyclic) bond motifs is 9. The molecular formula is C25H17BrO. The van der Waals surface area contributed by atoms with Crippen molar-refractivity contribution in [1.82, 2.24) is 0 Å². The Morgan fingerprint density at radius 2 is 1.52 bits per heavy atom. The van der Waals surface area contributed by atoms with Crippen LogP contribution in [-0.2, 0) is 5.41 Å². The van der Waals surface area contributed by atoms with Crippen LogP contribution in [-0.4, -0.2) is 0 Å². The molecule has 0 saturated carbocycles. The largest absolute Gasteiger partial charge is 0.456 e. The van der Waals surface area contributed by atoms with Crippen molar-refractivity contribution < 1.29 is 4.42 Å². The SMILES string of the molecule is CC1(C)c2ccccc2-c2ccc3c(oc4cc(Br)c5ccccc5c43)c21. The highest BCUT2D eigenvalue weighted by Crippen LogP contribution is 2.53. The van der Waals surface area contributed by atoms with Gasteiger partial charge in [-0.05, 0) is 39.6 Å². The van der Waals surface area contributed by atoms with Crippen molar-refractivity contribution in [1.29, 1.82) is 0 Å². The Labute approximate surface area is 165 Å². The van der Waals surface area contributed by atoms with E-state index in [1.807, 2.05) is 0 Å². The minimum Gasteiger partial charge on any atom is -0.456 e. The Balaban J connectivity index is 1.83. The highest BCUT2D eigenvalue weighted by molar-refractivity contribution is 9.10. The van der Waals surface area contributed by atoms with Crippen LogP contribution in [0.25, 0.3) is 43.8 Å². The lowest BCUT2D eigenvalue weighted by atomic mass is 9.82. The van der Waals surface area contributed by atoms with Crippen molar-refractivity contribution >= 4 is 48.6 Å². The zero-order valence-electron chi connectivity index (χ0n) is 15.1. The maximum absolute atomic E-state index is 6.52. The van der Waals surface area contributed by atoms with Crippen molar-refractivity contribution in [2.75, 3.05) is 0 Å². The van der Waals surface area contributed by atoms with Gasteiger partial charge < -0.3 is 4.42 Å². The third-order valence-electron chi connectivity index (χ3n) is 6.11. The fraction of sp³-hybridized carbons (Fsp3) is 0.120. The van der Waals surface area contributed by atoms with Gasteiger partial charge in [-0.25, -0.2) is 0 Å². The van der Waals surface area contributed by atoms with Crippen LogP contribution in [0.3, 0.4) is 0 Å². The molecule has 0 N–H and O–H groups in total. The number of furan rings is 1. The molecule has 1 nitrogen and oxygen atoms in total. The molecule has 0 spiro atoms. The number of hydrogen-bond donors (Lipinski definition) is 0. The third-order valence-corrected chi connectivity index (χ3v) is 6.77. The summed E-state index contributed by atoms with van der Waals surface area (Å²) >= 11 is 3.72. The highest BCUT2D eigenvalue weighted by Gasteiger charge is 2.38. The minimum absolute atomic E-state index is 0.0770. The molecule has 0 radical (unpaired) electrons. The van der Waals surface area contributed by atoms with Gasteiger partial charge in [-0.2, -0.15) is 0 Å². The lowest BCUT2D eigenvalue weighted by Gasteiger charge is -2.21. The Morgan fingerprint density at radius 3 is 2.37 bits per heavy atom. The fourth-order valence-electron chi connectivity index (χ4n) is 4.90. The molecule has 0 atom stereocenters. The van der Waals surface area contributed by atoms with Gasteiger partial charge in [0.2, 0.25) is 0 Å². The van der Waals surface area contributed by atoms with Crippen LogP contribution in [0.4, 0.5) is 0 Å². The van der Waals surface area contributed by atoms with E-state index in [1.165, 1.54) is 43.8 Å². The van der Waals surface area contributed by atoms with E-state index >= 15 is 0 Å². The van der Waals surface area contributed by atoms with E-state index in [0.29, 0.717) is 0 Å². The number of benzene rings is 4. The molecule has 1 aliphatic carbocycles. The molecule has 0 unspecified atom stereocenters. The van der Waals surface area contributed by atoms with Gasteiger partial charge in [0, 0.05) is 26.2 Å². The van der Waals surface area contributed by atoms with Crippen LogP contribution in [0.2, 0.25) is 0 Å². The van der Waals surface area contributed by atoms with Crippen molar-refractivity contribution in [3.63, 3.8) is 0 Å². The molecule has 4 aromatic carbocycles. The van der Waals surface area contributed by atoms with Gasteiger partial charge in [0.25, 0.3) is 0 Å². The van der Waals surface area contributed by atoms with Crippen LogP contribution < -0.4 is 0 Å². The molecule has 1 aromatic heterocycles. The Bertz CT molecular complexity index is 1400. The molecule has 130 valence electrons. The molecule has 0 fully saturated rings.